The van der Waals surface area contributed by atoms with Crippen LogP contribution in [-0.2, 0) is 0 Å². The smallest absolute Gasteiger partial charge is 0.0393 e. The second-order valence-corrected chi connectivity index (χ2v) is 4.86. The Labute approximate surface area is 97.5 Å². The third-order valence-electron chi connectivity index (χ3n) is 3.31. The summed E-state index contributed by atoms with van der Waals surface area (Å²) in [5.74, 6) is 0.734. The molecular weight excluding hydrogens is 198 g/mol. The Morgan fingerprint density at radius 2 is 2.38 bits per heavy atom. The maximum atomic E-state index is 5.98. The fourth-order valence-corrected chi connectivity index (χ4v) is 2.44. The maximum absolute atomic E-state index is 5.98. The van der Waals surface area contributed by atoms with Gasteiger partial charge in [0.2, 0.25) is 0 Å². The van der Waals surface area contributed by atoms with Gasteiger partial charge >= 0.3 is 0 Å². The quantitative estimate of drug-likeness (QED) is 0.820. The Morgan fingerprint density at radius 1 is 1.50 bits per heavy atom. The van der Waals surface area contributed by atoms with E-state index in [1.54, 1.807) is 0 Å². The first-order chi connectivity index (χ1) is 7.74. The second-order valence-electron chi connectivity index (χ2n) is 4.86. The highest BCUT2D eigenvalue weighted by molar-refractivity contribution is 5.42. The number of nitrogens with zero attached hydrogens (tertiary/aromatic N) is 1. The molecular formula is C13H21N3. The molecule has 2 unspecified atom stereocenters. The van der Waals surface area contributed by atoms with Gasteiger partial charge in [0.05, 0.1) is 0 Å². The summed E-state index contributed by atoms with van der Waals surface area (Å²) in [6, 6.07) is 4.53. The Hall–Kier alpha value is -1.09. The zero-order chi connectivity index (χ0) is 11.4. The molecule has 0 saturated heterocycles. The van der Waals surface area contributed by atoms with Gasteiger partial charge < -0.3 is 11.1 Å². The predicted molar refractivity (Wildman–Crippen MR) is 67.4 cm³/mol. The summed E-state index contributed by atoms with van der Waals surface area (Å²) in [6.07, 6.45) is 6.81. The molecule has 16 heavy (non-hydrogen) atoms. The molecule has 0 aromatic carbocycles. The van der Waals surface area contributed by atoms with E-state index in [0.29, 0.717) is 6.04 Å². The molecule has 1 saturated carbocycles. The van der Waals surface area contributed by atoms with Crippen LogP contribution in [0.5, 0.6) is 0 Å². The van der Waals surface area contributed by atoms with Gasteiger partial charge in [0, 0.05) is 30.2 Å². The molecule has 1 aromatic heterocycles. The molecule has 0 spiro atoms. The monoisotopic (exact) mass is 219 g/mol. The summed E-state index contributed by atoms with van der Waals surface area (Å²) >= 11 is 0. The SMILES string of the molecule is Cc1cc(NCC2CCCC(N)C2)ccn1. The van der Waals surface area contributed by atoms with Crippen molar-refractivity contribution in [3.63, 3.8) is 0 Å². The van der Waals surface area contributed by atoms with Crippen LogP contribution in [0, 0.1) is 12.8 Å². The van der Waals surface area contributed by atoms with Crippen LogP contribution < -0.4 is 11.1 Å². The first-order valence-electron chi connectivity index (χ1n) is 6.16. The Bertz CT molecular complexity index is 338. The van der Waals surface area contributed by atoms with Crippen LogP contribution in [0.2, 0.25) is 0 Å². The van der Waals surface area contributed by atoms with Crippen molar-refractivity contribution in [3.8, 4) is 0 Å². The van der Waals surface area contributed by atoms with E-state index in [9.17, 15) is 0 Å². The van der Waals surface area contributed by atoms with E-state index in [1.807, 2.05) is 19.2 Å². The van der Waals surface area contributed by atoms with Crippen molar-refractivity contribution in [1.82, 2.24) is 4.98 Å². The van der Waals surface area contributed by atoms with Gasteiger partial charge in [-0.25, -0.2) is 0 Å². The average Bonchev–Trinajstić information content (AvgIpc) is 2.27. The molecule has 2 atom stereocenters. The third-order valence-corrected chi connectivity index (χ3v) is 3.31. The van der Waals surface area contributed by atoms with E-state index >= 15 is 0 Å². The standard InChI is InChI=1S/C13H21N3/c1-10-7-13(5-6-15-10)16-9-11-3-2-4-12(14)8-11/h5-7,11-12H,2-4,8-9,14H2,1H3,(H,15,16). The van der Waals surface area contributed by atoms with Crippen LogP contribution in [0.1, 0.15) is 31.4 Å². The molecule has 1 aliphatic carbocycles. The van der Waals surface area contributed by atoms with Crippen molar-refractivity contribution in [2.24, 2.45) is 11.7 Å². The fourth-order valence-electron chi connectivity index (χ4n) is 2.44. The number of anilines is 1. The average molecular weight is 219 g/mol. The molecule has 1 fully saturated rings. The topological polar surface area (TPSA) is 50.9 Å². The lowest BCUT2D eigenvalue weighted by Gasteiger charge is -2.27. The maximum Gasteiger partial charge on any atom is 0.0393 e. The van der Waals surface area contributed by atoms with E-state index < -0.39 is 0 Å². The molecule has 1 heterocycles. The highest BCUT2D eigenvalue weighted by atomic mass is 14.9. The summed E-state index contributed by atoms with van der Waals surface area (Å²) in [5, 5.41) is 3.48. The van der Waals surface area contributed by atoms with E-state index in [0.717, 1.165) is 24.6 Å². The molecule has 2 rings (SSSR count). The van der Waals surface area contributed by atoms with Crippen molar-refractivity contribution in [3.05, 3.63) is 24.0 Å². The first-order valence-corrected chi connectivity index (χ1v) is 6.16. The number of nitrogens with one attached hydrogen (secondary N) is 1. The van der Waals surface area contributed by atoms with Crippen LogP contribution in [0.4, 0.5) is 5.69 Å². The molecule has 0 amide bonds. The van der Waals surface area contributed by atoms with Crippen molar-refractivity contribution in [2.75, 3.05) is 11.9 Å². The number of aromatic nitrogens is 1. The highest BCUT2D eigenvalue weighted by Crippen LogP contribution is 2.23. The molecule has 0 bridgehead atoms. The largest absolute Gasteiger partial charge is 0.385 e. The lowest BCUT2D eigenvalue weighted by Crippen LogP contribution is -2.30. The van der Waals surface area contributed by atoms with Gasteiger partial charge in [0.25, 0.3) is 0 Å². The zero-order valence-electron chi connectivity index (χ0n) is 9.95. The molecule has 1 aromatic rings. The summed E-state index contributed by atoms with van der Waals surface area (Å²) < 4.78 is 0. The Morgan fingerprint density at radius 3 is 3.12 bits per heavy atom. The number of hydrogen-bond donors (Lipinski definition) is 2. The van der Waals surface area contributed by atoms with Crippen molar-refractivity contribution < 1.29 is 0 Å². The second kappa shape index (κ2) is 5.30. The lowest BCUT2D eigenvalue weighted by molar-refractivity contribution is 0.335. The van der Waals surface area contributed by atoms with Crippen LogP contribution in [-0.4, -0.2) is 17.6 Å². The van der Waals surface area contributed by atoms with Crippen LogP contribution in [0.3, 0.4) is 0 Å². The Kier molecular flexibility index (Phi) is 3.78. The van der Waals surface area contributed by atoms with E-state index in [4.69, 9.17) is 5.73 Å². The minimum absolute atomic E-state index is 0.416. The van der Waals surface area contributed by atoms with Gasteiger partial charge in [-0.2, -0.15) is 0 Å². The van der Waals surface area contributed by atoms with Gasteiger partial charge in [0.1, 0.15) is 0 Å². The Balaban J connectivity index is 1.82. The molecule has 3 N–H and O–H groups in total. The number of pyridine rings is 1. The molecule has 0 radical (unpaired) electrons. The van der Waals surface area contributed by atoms with Gasteiger partial charge in [-0.15, -0.1) is 0 Å². The summed E-state index contributed by atoms with van der Waals surface area (Å²) in [7, 11) is 0. The predicted octanol–water partition coefficient (Wildman–Crippen LogP) is 2.32. The molecule has 88 valence electrons. The third kappa shape index (κ3) is 3.20. The van der Waals surface area contributed by atoms with Gasteiger partial charge in [-0.3, -0.25) is 4.98 Å². The summed E-state index contributed by atoms with van der Waals surface area (Å²) in [6.45, 7) is 3.05. The fraction of sp³-hybridized carbons (Fsp3) is 0.615. The minimum Gasteiger partial charge on any atom is -0.385 e. The van der Waals surface area contributed by atoms with E-state index in [2.05, 4.69) is 16.4 Å². The highest BCUT2D eigenvalue weighted by Gasteiger charge is 2.18. The van der Waals surface area contributed by atoms with Crippen molar-refractivity contribution in [1.29, 1.82) is 0 Å². The lowest BCUT2D eigenvalue weighted by atomic mass is 9.86. The van der Waals surface area contributed by atoms with Crippen molar-refractivity contribution in [2.45, 2.75) is 38.6 Å². The van der Waals surface area contributed by atoms with Gasteiger partial charge in [-0.05, 0) is 44.2 Å². The van der Waals surface area contributed by atoms with Crippen LogP contribution in [0.15, 0.2) is 18.3 Å². The number of nitrogens with two attached hydrogens (primary N) is 1. The first kappa shape index (κ1) is 11.4. The molecule has 0 aliphatic heterocycles. The van der Waals surface area contributed by atoms with Gasteiger partial charge in [0.15, 0.2) is 0 Å². The van der Waals surface area contributed by atoms with Crippen LogP contribution in [0.25, 0.3) is 0 Å². The molecule has 3 nitrogen and oxygen atoms in total. The van der Waals surface area contributed by atoms with Crippen molar-refractivity contribution >= 4 is 5.69 Å². The van der Waals surface area contributed by atoms with E-state index in [-0.39, 0.29) is 0 Å². The summed E-state index contributed by atoms with van der Waals surface area (Å²) in [4.78, 5) is 4.19. The van der Waals surface area contributed by atoms with Crippen LogP contribution >= 0.6 is 0 Å². The van der Waals surface area contributed by atoms with E-state index in [1.165, 1.54) is 24.9 Å². The minimum atomic E-state index is 0.416. The number of hydrogen-bond acceptors (Lipinski definition) is 3. The molecule has 1 aliphatic rings. The van der Waals surface area contributed by atoms with Gasteiger partial charge in [-0.1, -0.05) is 6.42 Å². The molecule has 3 heteroatoms. The number of aryl methyl sites for hydroxylation is 1. The number of rotatable bonds is 3. The zero-order valence-corrected chi connectivity index (χ0v) is 9.95. The normalized spacial score (nSPS) is 25.4. The summed E-state index contributed by atoms with van der Waals surface area (Å²) in [5.41, 5.74) is 8.21.